The van der Waals surface area contributed by atoms with Crippen molar-refractivity contribution in [2.24, 2.45) is 11.7 Å². The molecule has 8 nitrogen and oxygen atoms in total. The monoisotopic (exact) mass is 425 g/mol. The number of hydrogen-bond donors (Lipinski definition) is 2. The van der Waals surface area contributed by atoms with Gasteiger partial charge in [0.05, 0.1) is 18.7 Å². The maximum absolute atomic E-state index is 12.2. The van der Waals surface area contributed by atoms with Crippen molar-refractivity contribution in [1.29, 1.82) is 0 Å². The zero-order valence-electron chi connectivity index (χ0n) is 14.8. The van der Waals surface area contributed by atoms with Gasteiger partial charge in [-0.1, -0.05) is 6.58 Å². The van der Waals surface area contributed by atoms with Gasteiger partial charge in [0.25, 0.3) is 5.91 Å². The van der Waals surface area contributed by atoms with Crippen molar-refractivity contribution in [2.45, 2.75) is 31.3 Å². The van der Waals surface area contributed by atoms with E-state index in [-0.39, 0.29) is 18.0 Å². The van der Waals surface area contributed by atoms with Crippen LogP contribution < -0.4 is 11.1 Å². The number of ether oxygens (including phenoxy) is 1. The van der Waals surface area contributed by atoms with Gasteiger partial charge in [0, 0.05) is 20.2 Å². The summed E-state index contributed by atoms with van der Waals surface area (Å²) in [6.07, 6.45) is 4.37. The minimum Gasteiger partial charge on any atom is -0.383 e. The van der Waals surface area contributed by atoms with Gasteiger partial charge in [-0.2, -0.15) is 5.10 Å². The highest BCUT2D eigenvalue weighted by atomic mass is 79.9. The highest BCUT2D eigenvalue weighted by Gasteiger charge is 2.38. The van der Waals surface area contributed by atoms with E-state index >= 15 is 0 Å². The topological polar surface area (TPSA) is 102 Å². The van der Waals surface area contributed by atoms with E-state index in [9.17, 15) is 9.59 Å². The minimum absolute atomic E-state index is 0.0632. The molecule has 9 heteroatoms. The van der Waals surface area contributed by atoms with Crippen molar-refractivity contribution in [1.82, 2.24) is 14.7 Å². The number of hydrogen-bond acceptors (Lipinski definition) is 5. The van der Waals surface area contributed by atoms with E-state index in [1.807, 2.05) is 0 Å². The van der Waals surface area contributed by atoms with Crippen LogP contribution in [-0.4, -0.2) is 59.3 Å². The molecule has 1 aliphatic carbocycles. The quantitative estimate of drug-likeness (QED) is 0.614. The Bertz CT molecular complexity index is 715. The molecule has 142 valence electrons. The number of carbonyl (C=O) groups is 2. The number of nitrogens with zero attached hydrogens (tertiary/aromatic N) is 3. The number of methoxy groups -OCH3 is 1. The first-order valence-corrected chi connectivity index (χ1v) is 9.49. The smallest absolute Gasteiger partial charge is 0.255 e. The van der Waals surface area contributed by atoms with E-state index in [1.54, 1.807) is 16.7 Å². The van der Waals surface area contributed by atoms with Gasteiger partial charge in [-0.05, 0) is 47.2 Å². The van der Waals surface area contributed by atoms with Crippen LogP contribution in [0.2, 0.25) is 0 Å². The zero-order chi connectivity index (χ0) is 18.8. The molecule has 2 fully saturated rings. The summed E-state index contributed by atoms with van der Waals surface area (Å²) >= 11 is 3.35. The van der Waals surface area contributed by atoms with Crippen molar-refractivity contribution in [2.75, 3.05) is 32.1 Å². The molecule has 1 aliphatic heterocycles. The normalized spacial score (nSPS) is 22.5. The molecule has 3 N–H and O–H groups in total. The number of aromatic nitrogens is 2. The van der Waals surface area contributed by atoms with Crippen LogP contribution in [0.1, 0.15) is 35.7 Å². The van der Waals surface area contributed by atoms with E-state index < -0.39 is 5.91 Å². The van der Waals surface area contributed by atoms with Crippen molar-refractivity contribution < 1.29 is 14.3 Å². The Morgan fingerprint density at radius 3 is 2.81 bits per heavy atom. The van der Waals surface area contributed by atoms with E-state index in [1.165, 1.54) is 18.9 Å². The van der Waals surface area contributed by atoms with Crippen LogP contribution >= 0.6 is 15.9 Å². The molecule has 0 bridgehead atoms. The van der Waals surface area contributed by atoms with Crippen LogP contribution in [0.25, 0.3) is 0 Å². The second kappa shape index (κ2) is 7.79. The summed E-state index contributed by atoms with van der Waals surface area (Å²) in [6, 6.07) is -0.142. The van der Waals surface area contributed by atoms with Gasteiger partial charge in [-0.15, -0.1) is 0 Å². The zero-order valence-corrected chi connectivity index (χ0v) is 16.4. The molecule has 1 saturated carbocycles. The molecule has 1 aromatic rings. The van der Waals surface area contributed by atoms with Crippen LogP contribution in [0.4, 0.5) is 5.82 Å². The van der Waals surface area contributed by atoms with Crippen LogP contribution in [0.5, 0.6) is 0 Å². The van der Waals surface area contributed by atoms with Gasteiger partial charge in [0.2, 0.25) is 5.91 Å². The van der Waals surface area contributed by atoms with Gasteiger partial charge in [-0.25, -0.2) is 4.68 Å². The standard InChI is InChI=1S/C17H24BrN5O3/c1-3-13(24)22-8-11(6-12(22)9-26-2)23-17(20-7-10-4-5-10)14(16(19)25)15(18)21-23/h3,10-12,20H,1,4-9H2,2H3,(H2,19,25)/t11-,12+/m0/s1. The van der Waals surface area contributed by atoms with Gasteiger partial charge in [-0.3, -0.25) is 9.59 Å². The molecule has 26 heavy (non-hydrogen) atoms. The summed E-state index contributed by atoms with van der Waals surface area (Å²) < 4.78 is 7.46. The molecule has 3 rings (SSSR count). The Balaban J connectivity index is 1.89. The van der Waals surface area contributed by atoms with Crippen molar-refractivity contribution >= 4 is 33.6 Å². The SMILES string of the molecule is C=CC(=O)N1C[C@@H](n2nc(Br)c(C(N)=O)c2NCC2CC2)C[C@@H]1COC. The van der Waals surface area contributed by atoms with Crippen molar-refractivity contribution in [3.8, 4) is 0 Å². The number of nitrogens with one attached hydrogen (secondary N) is 1. The Hall–Kier alpha value is -1.87. The van der Waals surface area contributed by atoms with Crippen LogP contribution in [0.15, 0.2) is 17.3 Å². The molecule has 0 aromatic carbocycles. The summed E-state index contributed by atoms with van der Waals surface area (Å²) in [5.74, 6) is 0.571. The van der Waals surface area contributed by atoms with E-state index in [4.69, 9.17) is 10.5 Å². The molecule has 0 unspecified atom stereocenters. The Morgan fingerprint density at radius 1 is 1.50 bits per heavy atom. The molecule has 1 aromatic heterocycles. The molecule has 2 atom stereocenters. The highest BCUT2D eigenvalue weighted by molar-refractivity contribution is 9.10. The Morgan fingerprint density at radius 2 is 2.23 bits per heavy atom. The lowest BCUT2D eigenvalue weighted by Crippen LogP contribution is -2.37. The molecule has 0 radical (unpaired) electrons. The summed E-state index contributed by atoms with van der Waals surface area (Å²) in [7, 11) is 1.61. The summed E-state index contributed by atoms with van der Waals surface area (Å²) in [4.78, 5) is 25.8. The fourth-order valence-electron chi connectivity index (χ4n) is 3.43. The maximum atomic E-state index is 12.2. The molecule has 2 heterocycles. The van der Waals surface area contributed by atoms with E-state index in [0.29, 0.717) is 41.5 Å². The Kier molecular flexibility index (Phi) is 5.67. The van der Waals surface area contributed by atoms with Gasteiger partial charge in [0.15, 0.2) is 0 Å². The van der Waals surface area contributed by atoms with Crippen molar-refractivity contribution in [3.63, 3.8) is 0 Å². The van der Waals surface area contributed by atoms with Crippen LogP contribution in [0, 0.1) is 5.92 Å². The second-order valence-electron chi connectivity index (χ2n) is 6.84. The predicted octanol–water partition coefficient (Wildman–Crippen LogP) is 1.54. The van der Waals surface area contributed by atoms with E-state index in [0.717, 1.165) is 6.54 Å². The molecule has 2 amide bonds. The molecular weight excluding hydrogens is 402 g/mol. The number of halogens is 1. The number of carbonyl (C=O) groups excluding carboxylic acids is 2. The predicted molar refractivity (Wildman–Crippen MR) is 101 cm³/mol. The van der Waals surface area contributed by atoms with Gasteiger partial charge < -0.3 is 20.7 Å². The average molecular weight is 426 g/mol. The third kappa shape index (κ3) is 3.78. The fraction of sp³-hybridized carbons (Fsp3) is 0.588. The third-order valence-corrected chi connectivity index (χ3v) is 5.48. The molecule has 1 saturated heterocycles. The third-order valence-electron chi connectivity index (χ3n) is 4.92. The number of rotatable bonds is 8. The van der Waals surface area contributed by atoms with Crippen LogP contribution in [-0.2, 0) is 9.53 Å². The van der Waals surface area contributed by atoms with Gasteiger partial charge in [0.1, 0.15) is 16.0 Å². The summed E-state index contributed by atoms with van der Waals surface area (Å²) in [5.41, 5.74) is 5.91. The number of nitrogens with two attached hydrogens (primary N) is 1. The number of anilines is 1. The lowest BCUT2D eigenvalue weighted by atomic mass is 10.2. The Labute approximate surface area is 160 Å². The first-order valence-electron chi connectivity index (χ1n) is 8.69. The fourth-order valence-corrected chi connectivity index (χ4v) is 3.98. The lowest BCUT2D eigenvalue weighted by Gasteiger charge is -2.22. The molecular formula is C17H24BrN5O3. The number of primary amides is 1. The first kappa shape index (κ1) is 18.9. The average Bonchev–Trinajstić information content (AvgIpc) is 3.24. The summed E-state index contributed by atoms with van der Waals surface area (Å²) in [5, 5.41) is 7.83. The second-order valence-corrected chi connectivity index (χ2v) is 7.59. The molecule has 2 aliphatic rings. The minimum atomic E-state index is -0.535. The van der Waals surface area contributed by atoms with Gasteiger partial charge >= 0.3 is 0 Å². The number of amides is 2. The lowest BCUT2D eigenvalue weighted by molar-refractivity contribution is -0.127. The van der Waals surface area contributed by atoms with E-state index in [2.05, 4.69) is 32.9 Å². The largest absolute Gasteiger partial charge is 0.383 e. The number of likely N-dealkylation sites (tertiary alicyclic amines) is 1. The first-order chi connectivity index (χ1) is 12.5. The van der Waals surface area contributed by atoms with Crippen LogP contribution in [0.3, 0.4) is 0 Å². The maximum Gasteiger partial charge on any atom is 0.255 e. The molecule has 0 spiro atoms. The highest BCUT2D eigenvalue weighted by Crippen LogP contribution is 2.35. The summed E-state index contributed by atoms with van der Waals surface area (Å²) in [6.45, 7) is 5.27. The van der Waals surface area contributed by atoms with Crippen molar-refractivity contribution in [3.05, 3.63) is 22.8 Å².